The van der Waals surface area contributed by atoms with E-state index in [9.17, 15) is 31.2 Å². The molecule has 0 spiro atoms. The summed E-state index contributed by atoms with van der Waals surface area (Å²) in [6.07, 6.45) is -3.94. The highest BCUT2D eigenvalue weighted by molar-refractivity contribution is 7.92. The van der Waals surface area contributed by atoms with Crippen LogP contribution in [0.1, 0.15) is 22.8 Å². The molecule has 2 aromatic rings. The summed E-state index contributed by atoms with van der Waals surface area (Å²) in [5, 5.41) is 1.89. The van der Waals surface area contributed by atoms with E-state index in [4.69, 9.17) is 11.6 Å². The quantitative estimate of drug-likeness (QED) is 0.678. The van der Waals surface area contributed by atoms with Crippen molar-refractivity contribution in [3.8, 4) is 0 Å². The molecular formula is C18H16ClF3N2O4S. The van der Waals surface area contributed by atoms with Crippen LogP contribution in [0.5, 0.6) is 0 Å². The lowest BCUT2D eigenvalue weighted by molar-refractivity contribution is -0.137. The average Bonchev–Trinajstić information content (AvgIpc) is 2.59. The minimum Gasteiger partial charge on any atom is -0.324 e. The van der Waals surface area contributed by atoms with Gasteiger partial charge in [-0.15, -0.1) is 0 Å². The minimum absolute atomic E-state index is 0.0301. The zero-order valence-electron chi connectivity index (χ0n) is 15.2. The number of Topliss-reactive ketones (excluding diaryl/α,β-unsaturated/α-hetero) is 1. The van der Waals surface area contributed by atoms with E-state index in [2.05, 4.69) is 5.32 Å². The van der Waals surface area contributed by atoms with E-state index in [0.29, 0.717) is 10.4 Å². The first kappa shape index (κ1) is 22.7. The number of nitrogens with one attached hydrogen (secondary N) is 1. The molecule has 0 bridgehead atoms. The number of halogens is 4. The van der Waals surface area contributed by atoms with Gasteiger partial charge in [0.2, 0.25) is 15.9 Å². The molecule has 29 heavy (non-hydrogen) atoms. The summed E-state index contributed by atoms with van der Waals surface area (Å²) in [5.41, 5.74) is -1.48. The summed E-state index contributed by atoms with van der Waals surface area (Å²) in [7, 11) is -3.98. The highest BCUT2D eigenvalue weighted by Crippen LogP contribution is 2.36. The molecule has 2 rings (SSSR count). The van der Waals surface area contributed by atoms with Gasteiger partial charge in [0.1, 0.15) is 6.54 Å². The van der Waals surface area contributed by atoms with E-state index in [1.165, 1.54) is 31.2 Å². The second kappa shape index (κ2) is 8.42. The lowest BCUT2D eigenvalue weighted by atomic mass is 10.1. The highest BCUT2D eigenvalue weighted by Gasteiger charge is 2.34. The number of alkyl halides is 3. The Morgan fingerprint density at radius 2 is 1.79 bits per heavy atom. The molecule has 0 fully saturated rings. The van der Waals surface area contributed by atoms with Gasteiger partial charge in [-0.05, 0) is 37.3 Å². The van der Waals surface area contributed by atoms with Gasteiger partial charge in [0.05, 0.1) is 23.2 Å². The summed E-state index contributed by atoms with van der Waals surface area (Å²) < 4.78 is 64.5. The summed E-state index contributed by atoms with van der Waals surface area (Å²) in [4.78, 5) is 23.9. The first-order valence-electron chi connectivity index (χ1n) is 8.04. The van der Waals surface area contributed by atoms with Gasteiger partial charge >= 0.3 is 6.18 Å². The Morgan fingerprint density at radius 1 is 1.14 bits per heavy atom. The minimum atomic E-state index is -4.78. The standard InChI is InChI=1S/C18H16ClF3N2O4S/c1-11(25)12-4-3-5-14(8-12)24(29(2,27)28)10-17(26)23-16-7-6-13(19)9-15(16)18(20,21)22/h3-9H,10H2,1-2H3,(H,23,26). The maximum atomic E-state index is 13.2. The van der Waals surface area contributed by atoms with E-state index >= 15 is 0 Å². The van der Waals surface area contributed by atoms with Crippen LogP contribution in [0, 0.1) is 0 Å². The number of hydrogen-bond acceptors (Lipinski definition) is 4. The Kier molecular flexibility index (Phi) is 6.59. The molecule has 0 aliphatic carbocycles. The number of benzene rings is 2. The van der Waals surface area contributed by atoms with Gasteiger partial charge in [-0.25, -0.2) is 8.42 Å². The number of rotatable bonds is 6. The SMILES string of the molecule is CC(=O)c1cccc(N(CC(=O)Nc2ccc(Cl)cc2C(F)(F)F)S(C)(=O)=O)c1. The van der Waals surface area contributed by atoms with Crippen molar-refractivity contribution >= 4 is 44.7 Å². The first-order chi connectivity index (χ1) is 13.3. The third kappa shape index (κ3) is 5.94. The average molecular weight is 449 g/mol. The first-order valence-corrected chi connectivity index (χ1v) is 10.3. The van der Waals surface area contributed by atoms with Crippen molar-refractivity contribution in [1.82, 2.24) is 0 Å². The van der Waals surface area contributed by atoms with Crippen molar-refractivity contribution in [2.24, 2.45) is 0 Å². The van der Waals surface area contributed by atoms with Crippen LogP contribution in [-0.2, 0) is 21.0 Å². The third-order valence-electron chi connectivity index (χ3n) is 3.79. The third-order valence-corrected chi connectivity index (χ3v) is 5.16. The fourth-order valence-corrected chi connectivity index (χ4v) is 3.48. The maximum absolute atomic E-state index is 13.2. The van der Waals surface area contributed by atoms with Crippen molar-refractivity contribution in [2.45, 2.75) is 13.1 Å². The molecule has 0 unspecified atom stereocenters. The molecule has 0 aliphatic heterocycles. The molecule has 1 N–H and O–H groups in total. The van der Waals surface area contributed by atoms with Crippen LogP contribution in [-0.4, -0.2) is 32.9 Å². The van der Waals surface area contributed by atoms with Crippen molar-refractivity contribution in [3.05, 3.63) is 58.6 Å². The number of nitrogens with zero attached hydrogens (tertiary/aromatic N) is 1. The Morgan fingerprint density at radius 3 is 2.34 bits per heavy atom. The lowest BCUT2D eigenvalue weighted by Gasteiger charge is -2.23. The normalized spacial score (nSPS) is 11.8. The number of anilines is 2. The van der Waals surface area contributed by atoms with Crippen LogP contribution < -0.4 is 9.62 Å². The Labute approximate surface area is 170 Å². The number of ketones is 1. The molecule has 0 radical (unpaired) electrons. The van der Waals surface area contributed by atoms with Crippen molar-refractivity contribution < 1.29 is 31.2 Å². The van der Waals surface area contributed by atoms with Crippen LogP contribution in [0.25, 0.3) is 0 Å². The van der Waals surface area contributed by atoms with Gasteiger partial charge in [0.25, 0.3) is 0 Å². The second-order valence-electron chi connectivity index (χ2n) is 6.11. The molecule has 156 valence electrons. The second-order valence-corrected chi connectivity index (χ2v) is 8.46. The molecule has 11 heteroatoms. The molecule has 1 amide bonds. The van der Waals surface area contributed by atoms with Gasteiger partial charge < -0.3 is 5.32 Å². The Balaban J connectivity index is 2.34. The summed E-state index contributed by atoms with van der Waals surface area (Å²) >= 11 is 5.60. The fourth-order valence-electron chi connectivity index (χ4n) is 2.46. The largest absolute Gasteiger partial charge is 0.418 e. The predicted molar refractivity (Wildman–Crippen MR) is 104 cm³/mol. The summed E-state index contributed by atoms with van der Waals surface area (Å²) in [6, 6.07) is 8.34. The molecule has 6 nitrogen and oxygen atoms in total. The smallest absolute Gasteiger partial charge is 0.324 e. The van der Waals surface area contributed by atoms with E-state index in [1.807, 2.05) is 0 Å². The Hall–Kier alpha value is -2.59. The molecule has 0 atom stereocenters. The summed E-state index contributed by atoms with van der Waals surface area (Å²) in [6.45, 7) is 0.496. The molecule has 2 aromatic carbocycles. The van der Waals surface area contributed by atoms with Crippen LogP contribution in [0.3, 0.4) is 0 Å². The van der Waals surface area contributed by atoms with Gasteiger partial charge in [-0.2, -0.15) is 13.2 Å². The fraction of sp³-hybridized carbons (Fsp3) is 0.222. The van der Waals surface area contributed by atoms with E-state index < -0.39 is 39.9 Å². The van der Waals surface area contributed by atoms with Gasteiger partial charge in [0.15, 0.2) is 5.78 Å². The molecule has 0 saturated carbocycles. The number of hydrogen-bond donors (Lipinski definition) is 1. The predicted octanol–water partition coefficient (Wildman–Crippen LogP) is 3.97. The van der Waals surface area contributed by atoms with Crippen LogP contribution in [0.15, 0.2) is 42.5 Å². The van der Waals surface area contributed by atoms with Crippen molar-refractivity contribution in [2.75, 3.05) is 22.4 Å². The topological polar surface area (TPSA) is 83.6 Å². The molecule has 0 aliphatic rings. The highest BCUT2D eigenvalue weighted by atomic mass is 35.5. The number of amides is 1. The van der Waals surface area contributed by atoms with Crippen molar-refractivity contribution in [3.63, 3.8) is 0 Å². The van der Waals surface area contributed by atoms with Crippen LogP contribution in [0.4, 0.5) is 24.5 Å². The Bertz CT molecular complexity index is 1060. The summed E-state index contributed by atoms with van der Waals surface area (Å²) in [5.74, 6) is -1.32. The lowest BCUT2D eigenvalue weighted by Crippen LogP contribution is -2.37. The van der Waals surface area contributed by atoms with Crippen LogP contribution in [0.2, 0.25) is 5.02 Å². The zero-order valence-corrected chi connectivity index (χ0v) is 16.8. The van der Waals surface area contributed by atoms with Gasteiger partial charge in [-0.3, -0.25) is 13.9 Å². The monoisotopic (exact) mass is 448 g/mol. The van der Waals surface area contributed by atoms with E-state index in [1.54, 1.807) is 0 Å². The van der Waals surface area contributed by atoms with Gasteiger partial charge in [-0.1, -0.05) is 23.7 Å². The van der Waals surface area contributed by atoms with E-state index in [-0.39, 0.29) is 22.1 Å². The maximum Gasteiger partial charge on any atom is 0.418 e. The molecule has 0 aromatic heterocycles. The van der Waals surface area contributed by atoms with E-state index in [0.717, 1.165) is 18.4 Å². The number of sulfonamides is 1. The number of carbonyl (C=O) groups is 2. The van der Waals surface area contributed by atoms with Crippen LogP contribution >= 0.6 is 11.6 Å². The van der Waals surface area contributed by atoms with Crippen molar-refractivity contribution in [1.29, 1.82) is 0 Å². The zero-order chi connectivity index (χ0) is 22.0. The molecule has 0 heterocycles. The van der Waals surface area contributed by atoms with Gasteiger partial charge in [0, 0.05) is 10.6 Å². The molecule has 0 saturated heterocycles. The molecular weight excluding hydrogens is 433 g/mol. The number of carbonyl (C=O) groups excluding carboxylic acids is 2.